The number of halogens is 2. The van der Waals surface area contributed by atoms with Crippen molar-refractivity contribution in [3.63, 3.8) is 0 Å². The van der Waals surface area contributed by atoms with Gasteiger partial charge in [-0.1, -0.05) is 11.6 Å². The van der Waals surface area contributed by atoms with E-state index in [1.54, 1.807) is 17.0 Å². The molecule has 1 heterocycles. The maximum absolute atomic E-state index is 13.8. The van der Waals surface area contributed by atoms with Gasteiger partial charge in [-0.2, -0.15) is 0 Å². The van der Waals surface area contributed by atoms with Gasteiger partial charge in [0.2, 0.25) is 0 Å². The Labute approximate surface area is 124 Å². The highest BCUT2D eigenvalue weighted by Gasteiger charge is 2.42. The molecule has 1 aromatic rings. The SMILES string of the molecule is Cc1ccc(F)c(C(=O)N2CC3CCC(N)C3C2)c1.Cl. The lowest BCUT2D eigenvalue weighted by atomic mass is 9.98. The van der Waals surface area contributed by atoms with E-state index in [9.17, 15) is 9.18 Å². The standard InChI is InChI=1S/C15H19FN2O.ClH/c1-9-2-4-13(16)11(6-9)15(19)18-7-10-3-5-14(17)12(10)8-18;/h2,4,6,10,12,14H,3,5,7-8,17H2,1H3;1H. The summed E-state index contributed by atoms with van der Waals surface area (Å²) in [7, 11) is 0. The van der Waals surface area contributed by atoms with Crippen molar-refractivity contribution < 1.29 is 9.18 Å². The summed E-state index contributed by atoms with van der Waals surface area (Å²) in [6.07, 6.45) is 2.14. The fourth-order valence-corrected chi connectivity index (χ4v) is 3.45. The normalized spacial score (nSPS) is 28.1. The van der Waals surface area contributed by atoms with Crippen LogP contribution in [0.3, 0.4) is 0 Å². The van der Waals surface area contributed by atoms with E-state index in [0.717, 1.165) is 24.9 Å². The van der Waals surface area contributed by atoms with Crippen molar-refractivity contribution in [1.29, 1.82) is 0 Å². The second kappa shape index (κ2) is 5.70. The lowest BCUT2D eigenvalue weighted by Gasteiger charge is -2.19. The molecule has 1 aliphatic heterocycles. The Bertz CT molecular complexity index is 523. The van der Waals surface area contributed by atoms with Crippen LogP contribution in [0.2, 0.25) is 0 Å². The molecular formula is C15H20ClFN2O. The third-order valence-electron chi connectivity index (χ3n) is 4.55. The van der Waals surface area contributed by atoms with Gasteiger partial charge >= 0.3 is 0 Å². The molecule has 1 saturated carbocycles. The predicted molar refractivity (Wildman–Crippen MR) is 78.5 cm³/mol. The van der Waals surface area contributed by atoms with E-state index < -0.39 is 5.82 Å². The number of nitrogens with zero attached hydrogens (tertiary/aromatic N) is 1. The zero-order valence-electron chi connectivity index (χ0n) is 11.5. The van der Waals surface area contributed by atoms with Gasteiger partial charge in [0, 0.05) is 19.1 Å². The number of nitrogens with two attached hydrogens (primary N) is 1. The quantitative estimate of drug-likeness (QED) is 0.865. The number of likely N-dealkylation sites (tertiary alicyclic amines) is 1. The Morgan fingerprint density at radius 1 is 1.35 bits per heavy atom. The highest BCUT2D eigenvalue weighted by atomic mass is 35.5. The van der Waals surface area contributed by atoms with Gasteiger partial charge in [0.05, 0.1) is 5.56 Å². The summed E-state index contributed by atoms with van der Waals surface area (Å²) in [6.45, 7) is 3.27. The van der Waals surface area contributed by atoms with E-state index in [4.69, 9.17) is 5.73 Å². The molecule has 0 radical (unpaired) electrons. The van der Waals surface area contributed by atoms with Crippen LogP contribution >= 0.6 is 12.4 Å². The number of benzene rings is 1. The van der Waals surface area contributed by atoms with E-state index in [1.807, 2.05) is 6.92 Å². The van der Waals surface area contributed by atoms with Gasteiger partial charge in [-0.25, -0.2) is 4.39 Å². The molecule has 1 aromatic carbocycles. The Morgan fingerprint density at radius 3 is 2.80 bits per heavy atom. The van der Waals surface area contributed by atoms with Crippen LogP contribution in [0, 0.1) is 24.6 Å². The Balaban J connectivity index is 0.00000147. The topological polar surface area (TPSA) is 46.3 Å². The first-order valence-electron chi connectivity index (χ1n) is 6.87. The van der Waals surface area contributed by atoms with Gasteiger partial charge in [0.15, 0.2) is 0 Å². The van der Waals surface area contributed by atoms with Gasteiger partial charge < -0.3 is 10.6 Å². The summed E-state index contributed by atoms with van der Waals surface area (Å²) < 4.78 is 13.8. The summed E-state index contributed by atoms with van der Waals surface area (Å²) in [6, 6.07) is 4.88. The minimum absolute atomic E-state index is 0. The van der Waals surface area contributed by atoms with Crippen LogP contribution in [0.25, 0.3) is 0 Å². The minimum atomic E-state index is -0.433. The van der Waals surface area contributed by atoms with Crippen LogP contribution in [0.4, 0.5) is 4.39 Å². The highest BCUT2D eigenvalue weighted by molar-refractivity contribution is 5.94. The number of carbonyl (C=O) groups excluding carboxylic acids is 1. The van der Waals surface area contributed by atoms with Gasteiger partial charge in [-0.05, 0) is 43.7 Å². The van der Waals surface area contributed by atoms with Crippen molar-refractivity contribution >= 4 is 18.3 Å². The second-order valence-corrected chi connectivity index (χ2v) is 5.86. The van der Waals surface area contributed by atoms with Crippen molar-refractivity contribution in [3.05, 3.63) is 35.1 Å². The van der Waals surface area contributed by atoms with Crippen molar-refractivity contribution in [1.82, 2.24) is 4.90 Å². The van der Waals surface area contributed by atoms with Crippen LogP contribution < -0.4 is 5.73 Å². The van der Waals surface area contributed by atoms with Crippen LogP contribution in [0.5, 0.6) is 0 Å². The van der Waals surface area contributed by atoms with Crippen molar-refractivity contribution in [2.75, 3.05) is 13.1 Å². The van der Waals surface area contributed by atoms with Crippen LogP contribution in [0.15, 0.2) is 18.2 Å². The number of rotatable bonds is 1. The zero-order chi connectivity index (χ0) is 13.6. The van der Waals surface area contributed by atoms with Gasteiger partial charge in [-0.15, -0.1) is 12.4 Å². The molecule has 1 aliphatic carbocycles. The average molecular weight is 299 g/mol. The lowest BCUT2D eigenvalue weighted by molar-refractivity contribution is 0.0775. The fraction of sp³-hybridized carbons (Fsp3) is 0.533. The van der Waals surface area contributed by atoms with E-state index in [0.29, 0.717) is 18.4 Å². The number of aryl methyl sites for hydroxylation is 1. The van der Waals surface area contributed by atoms with E-state index in [2.05, 4.69) is 0 Å². The average Bonchev–Trinajstić information content (AvgIpc) is 2.94. The fourth-order valence-electron chi connectivity index (χ4n) is 3.45. The summed E-state index contributed by atoms with van der Waals surface area (Å²) in [5.41, 5.74) is 7.15. The van der Waals surface area contributed by atoms with Gasteiger partial charge in [0.25, 0.3) is 5.91 Å². The summed E-state index contributed by atoms with van der Waals surface area (Å²) in [5.74, 6) is 0.281. The summed E-state index contributed by atoms with van der Waals surface area (Å²) >= 11 is 0. The number of hydrogen-bond acceptors (Lipinski definition) is 2. The molecule has 20 heavy (non-hydrogen) atoms. The molecule has 2 aliphatic rings. The van der Waals surface area contributed by atoms with Crippen molar-refractivity contribution in [2.24, 2.45) is 17.6 Å². The largest absolute Gasteiger partial charge is 0.338 e. The third-order valence-corrected chi connectivity index (χ3v) is 4.55. The molecule has 110 valence electrons. The molecule has 3 unspecified atom stereocenters. The van der Waals surface area contributed by atoms with Crippen molar-refractivity contribution in [2.45, 2.75) is 25.8 Å². The first-order valence-corrected chi connectivity index (χ1v) is 6.87. The third kappa shape index (κ3) is 2.54. The van der Waals surface area contributed by atoms with Gasteiger partial charge in [-0.3, -0.25) is 4.79 Å². The molecule has 1 amide bonds. The minimum Gasteiger partial charge on any atom is -0.338 e. The Hall–Kier alpha value is -1.13. The molecule has 0 spiro atoms. The first-order chi connectivity index (χ1) is 9.06. The molecule has 2 fully saturated rings. The molecule has 3 atom stereocenters. The second-order valence-electron chi connectivity index (χ2n) is 5.86. The molecule has 2 N–H and O–H groups in total. The number of hydrogen-bond donors (Lipinski definition) is 1. The van der Waals surface area contributed by atoms with Crippen LogP contribution in [0.1, 0.15) is 28.8 Å². The predicted octanol–water partition coefficient (Wildman–Crippen LogP) is 2.37. The molecule has 3 rings (SSSR count). The van der Waals surface area contributed by atoms with Crippen LogP contribution in [-0.4, -0.2) is 29.9 Å². The monoisotopic (exact) mass is 298 g/mol. The molecule has 3 nitrogen and oxygen atoms in total. The van der Waals surface area contributed by atoms with E-state index in [-0.39, 0.29) is 29.9 Å². The zero-order valence-corrected chi connectivity index (χ0v) is 12.3. The smallest absolute Gasteiger partial charge is 0.256 e. The Kier molecular flexibility index (Phi) is 4.35. The van der Waals surface area contributed by atoms with Gasteiger partial charge in [0.1, 0.15) is 5.82 Å². The Morgan fingerprint density at radius 2 is 2.10 bits per heavy atom. The molecule has 0 aromatic heterocycles. The lowest BCUT2D eigenvalue weighted by Crippen LogP contribution is -2.33. The maximum atomic E-state index is 13.8. The molecule has 5 heteroatoms. The highest BCUT2D eigenvalue weighted by Crippen LogP contribution is 2.37. The summed E-state index contributed by atoms with van der Waals surface area (Å²) in [5, 5.41) is 0. The number of amides is 1. The van der Waals surface area contributed by atoms with Crippen LogP contribution in [-0.2, 0) is 0 Å². The number of carbonyl (C=O) groups is 1. The molecule has 1 saturated heterocycles. The summed E-state index contributed by atoms with van der Waals surface area (Å²) in [4.78, 5) is 14.2. The van der Waals surface area contributed by atoms with E-state index >= 15 is 0 Å². The maximum Gasteiger partial charge on any atom is 0.256 e. The first kappa shape index (κ1) is 15.3. The van der Waals surface area contributed by atoms with Crippen molar-refractivity contribution in [3.8, 4) is 0 Å². The molecular weight excluding hydrogens is 279 g/mol. The van der Waals surface area contributed by atoms with E-state index in [1.165, 1.54) is 6.07 Å². The molecule has 0 bridgehead atoms. The number of fused-ring (bicyclic) bond motifs is 1.